The van der Waals surface area contributed by atoms with Gasteiger partial charge in [-0.25, -0.2) is 0 Å². The third kappa shape index (κ3) is 3.96. The minimum absolute atomic E-state index is 0.363. The standard InChI is InChI=1S/C16H23BrO2/c1-19-13-9-10-14(15(17)11-13)16(18)12-7-5-3-2-4-6-8-12/h9-12,16,18H,2-8H2,1H3. The summed E-state index contributed by atoms with van der Waals surface area (Å²) in [6.07, 6.45) is 8.39. The summed E-state index contributed by atoms with van der Waals surface area (Å²) in [6.45, 7) is 0. The van der Waals surface area contributed by atoms with Crippen molar-refractivity contribution in [3.8, 4) is 5.75 Å². The lowest BCUT2D eigenvalue weighted by molar-refractivity contribution is 0.0906. The number of methoxy groups -OCH3 is 1. The molecule has 0 aliphatic heterocycles. The highest BCUT2D eigenvalue weighted by Gasteiger charge is 2.23. The van der Waals surface area contributed by atoms with Crippen LogP contribution in [-0.4, -0.2) is 12.2 Å². The Kier molecular flexibility index (Phi) is 5.71. The summed E-state index contributed by atoms with van der Waals surface area (Å²) in [4.78, 5) is 0. The van der Waals surface area contributed by atoms with Gasteiger partial charge in [-0.2, -0.15) is 0 Å². The van der Waals surface area contributed by atoms with Gasteiger partial charge >= 0.3 is 0 Å². The SMILES string of the molecule is COc1ccc(C(O)C2CCCCCCC2)c(Br)c1. The van der Waals surface area contributed by atoms with Crippen molar-refractivity contribution in [2.75, 3.05) is 7.11 Å². The van der Waals surface area contributed by atoms with Gasteiger partial charge in [0.25, 0.3) is 0 Å². The lowest BCUT2D eigenvalue weighted by atomic mass is 9.84. The average Bonchev–Trinajstić information content (AvgIpc) is 2.37. The van der Waals surface area contributed by atoms with Crippen LogP contribution in [0.2, 0.25) is 0 Å². The van der Waals surface area contributed by atoms with E-state index in [4.69, 9.17) is 4.74 Å². The first-order valence-electron chi connectivity index (χ1n) is 7.24. The molecule has 1 fully saturated rings. The summed E-state index contributed by atoms with van der Waals surface area (Å²) in [7, 11) is 1.66. The number of rotatable bonds is 3. The lowest BCUT2D eigenvalue weighted by Gasteiger charge is -2.26. The largest absolute Gasteiger partial charge is 0.497 e. The molecule has 1 atom stereocenters. The number of hydrogen-bond acceptors (Lipinski definition) is 2. The quantitative estimate of drug-likeness (QED) is 0.860. The monoisotopic (exact) mass is 326 g/mol. The zero-order valence-corrected chi connectivity index (χ0v) is 13.2. The van der Waals surface area contributed by atoms with Crippen molar-refractivity contribution in [2.24, 2.45) is 5.92 Å². The molecular formula is C16H23BrO2. The first-order valence-corrected chi connectivity index (χ1v) is 8.03. The van der Waals surface area contributed by atoms with Crippen LogP contribution >= 0.6 is 15.9 Å². The van der Waals surface area contributed by atoms with Crippen LogP contribution in [-0.2, 0) is 0 Å². The third-order valence-electron chi connectivity index (χ3n) is 4.12. The maximum absolute atomic E-state index is 10.6. The molecule has 1 aliphatic carbocycles. The number of aliphatic hydroxyl groups is 1. The van der Waals surface area contributed by atoms with E-state index in [1.165, 1.54) is 32.1 Å². The highest BCUT2D eigenvalue weighted by Crippen LogP contribution is 2.37. The molecule has 0 aromatic heterocycles. The Bertz CT molecular complexity index is 398. The summed E-state index contributed by atoms with van der Waals surface area (Å²) in [6, 6.07) is 5.83. The van der Waals surface area contributed by atoms with E-state index in [1.54, 1.807) is 7.11 Å². The summed E-state index contributed by atoms with van der Waals surface area (Å²) in [5, 5.41) is 10.6. The second-order valence-corrected chi connectivity index (χ2v) is 6.29. The van der Waals surface area contributed by atoms with Crippen molar-refractivity contribution in [2.45, 2.75) is 51.0 Å². The van der Waals surface area contributed by atoms with Gasteiger partial charge in [-0.3, -0.25) is 0 Å². The fourth-order valence-electron chi connectivity index (χ4n) is 2.93. The molecule has 0 bridgehead atoms. The number of hydrogen-bond donors (Lipinski definition) is 1. The van der Waals surface area contributed by atoms with Crippen LogP contribution in [0.3, 0.4) is 0 Å². The van der Waals surface area contributed by atoms with Gasteiger partial charge < -0.3 is 9.84 Å². The molecule has 0 spiro atoms. The zero-order chi connectivity index (χ0) is 13.7. The van der Waals surface area contributed by atoms with Crippen molar-refractivity contribution in [3.63, 3.8) is 0 Å². The maximum Gasteiger partial charge on any atom is 0.120 e. The van der Waals surface area contributed by atoms with Crippen molar-refractivity contribution < 1.29 is 9.84 Å². The van der Waals surface area contributed by atoms with Gasteiger partial charge in [0, 0.05) is 4.47 Å². The second-order valence-electron chi connectivity index (χ2n) is 5.44. The van der Waals surface area contributed by atoms with E-state index in [0.29, 0.717) is 5.92 Å². The fourth-order valence-corrected chi connectivity index (χ4v) is 3.52. The summed E-state index contributed by atoms with van der Waals surface area (Å²) >= 11 is 3.55. The molecule has 1 N–H and O–H groups in total. The molecule has 0 radical (unpaired) electrons. The molecule has 2 nitrogen and oxygen atoms in total. The van der Waals surface area contributed by atoms with E-state index in [2.05, 4.69) is 15.9 Å². The minimum Gasteiger partial charge on any atom is -0.497 e. The fraction of sp³-hybridized carbons (Fsp3) is 0.625. The van der Waals surface area contributed by atoms with Gasteiger partial charge in [-0.15, -0.1) is 0 Å². The third-order valence-corrected chi connectivity index (χ3v) is 4.81. The van der Waals surface area contributed by atoms with E-state index in [-0.39, 0.29) is 6.10 Å². The molecule has 1 aromatic carbocycles. The molecule has 0 amide bonds. The summed E-state index contributed by atoms with van der Waals surface area (Å²) in [5.41, 5.74) is 0.992. The number of ether oxygens (including phenoxy) is 1. The molecule has 1 saturated carbocycles. The topological polar surface area (TPSA) is 29.5 Å². The molecule has 3 heteroatoms. The first kappa shape index (κ1) is 14.9. The van der Waals surface area contributed by atoms with Gasteiger partial charge in [0.15, 0.2) is 0 Å². The zero-order valence-electron chi connectivity index (χ0n) is 11.6. The van der Waals surface area contributed by atoms with Crippen molar-refractivity contribution >= 4 is 15.9 Å². The van der Waals surface area contributed by atoms with Crippen LogP contribution in [0.5, 0.6) is 5.75 Å². The van der Waals surface area contributed by atoms with E-state index in [9.17, 15) is 5.11 Å². The Morgan fingerprint density at radius 1 is 1.16 bits per heavy atom. The average molecular weight is 327 g/mol. The number of benzene rings is 1. The Morgan fingerprint density at radius 3 is 2.37 bits per heavy atom. The molecule has 1 unspecified atom stereocenters. The van der Waals surface area contributed by atoms with Crippen molar-refractivity contribution in [3.05, 3.63) is 28.2 Å². The normalized spacial score (nSPS) is 19.5. The Balaban J connectivity index is 2.10. The lowest BCUT2D eigenvalue weighted by Crippen LogP contribution is -2.14. The van der Waals surface area contributed by atoms with Crippen LogP contribution in [0.1, 0.15) is 56.6 Å². The molecular weight excluding hydrogens is 304 g/mol. The van der Waals surface area contributed by atoms with Gasteiger partial charge in [0.05, 0.1) is 13.2 Å². The van der Waals surface area contributed by atoms with Gasteiger partial charge in [-0.05, 0) is 36.5 Å². The van der Waals surface area contributed by atoms with Gasteiger partial charge in [-0.1, -0.05) is 54.1 Å². The highest BCUT2D eigenvalue weighted by atomic mass is 79.9. The van der Waals surface area contributed by atoms with Crippen LogP contribution in [0.15, 0.2) is 22.7 Å². The number of halogens is 1. The molecule has 1 aromatic rings. The molecule has 2 rings (SSSR count). The molecule has 19 heavy (non-hydrogen) atoms. The predicted octanol–water partition coefficient (Wildman–Crippen LogP) is 4.85. The van der Waals surface area contributed by atoms with Crippen LogP contribution < -0.4 is 4.74 Å². The second kappa shape index (κ2) is 7.30. The molecule has 0 heterocycles. The molecule has 106 valence electrons. The van der Waals surface area contributed by atoms with Crippen LogP contribution in [0.25, 0.3) is 0 Å². The predicted molar refractivity (Wildman–Crippen MR) is 81.5 cm³/mol. The Morgan fingerprint density at radius 2 is 1.79 bits per heavy atom. The smallest absolute Gasteiger partial charge is 0.120 e. The van der Waals surface area contributed by atoms with E-state index in [1.807, 2.05) is 18.2 Å². The van der Waals surface area contributed by atoms with Crippen molar-refractivity contribution in [1.82, 2.24) is 0 Å². The van der Waals surface area contributed by atoms with E-state index in [0.717, 1.165) is 28.6 Å². The number of aliphatic hydroxyl groups excluding tert-OH is 1. The highest BCUT2D eigenvalue weighted by molar-refractivity contribution is 9.10. The van der Waals surface area contributed by atoms with Gasteiger partial charge in [0.2, 0.25) is 0 Å². The summed E-state index contributed by atoms with van der Waals surface area (Å²) < 4.78 is 6.15. The van der Waals surface area contributed by atoms with Crippen molar-refractivity contribution in [1.29, 1.82) is 0 Å². The van der Waals surface area contributed by atoms with Crippen LogP contribution in [0, 0.1) is 5.92 Å². The minimum atomic E-state index is -0.363. The van der Waals surface area contributed by atoms with E-state index >= 15 is 0 Å². The molecule has 1 aliphatic rings. The maximum atomic E-state index is 10.6. The van der Waals surface area contributed by atoms with E-state index < -0.39 is 0 Å². The first-order chi connectivity index (χ1) is 9.22. The van der Waals surface area contributed by atoms with Gasteiger partial charge in [0.1, 0.15) is 5.75 Å². The summed E-state index contributed by atoms with van der Waals surface area (Å²) in [5.74, 6) is 1.21. The molecule has 0 saturated heterocycles. The van der Waals surface area contributed by atoms with Crippen LogP contribution in [0.4, 0.5) is 0 Å². The Hall–Kier alpha value is -0.540. The Labute approximate surface area is 124 Å².